The van der Waals surface area contributed by atoms with Gasteiger partial charge in [0.1, 0.15) is 5.54 Å². The molecule has 2 fully saturated rings. The molecule has 1 N–H and O–H groups in total. The maximum atomic E-state index is 13.4. The molecule has 0 spiro atoms. The molecule has 4 nitrogen and oxygen atoms in total. The lowest BCUT2D eigenvalue weighted by molar-refractivity contribution is -0.159. The molecule has 1 saturated carbocycles. The number of rotatable bonds is 5. The molecule has 4 rings (SSSR count). The van der Waals surface area contributed by atoms with Crippen molar-refractivity contribution in [2.24, 2.45) is 0 Å². The topological polar surface area (TPSA) is 49.4 Å². The number of halogens is 3. The second-order valence-corrected chi connectivity index (χ2v) is 9.28. The maximum absolute atomic E-state index is 13.4. The first kappa shape index (κ1) is 20.5. The molecule has 2 aromatic rings. The fraction of sp³-hybridized carbons (Fsp3) is 0.364. The molecule has 1 saturated heterocycles. The monoisotopic (exact) mass is 450 g/mol. The third-order valence-corrected chi connectivity index (χ3v) is 6.92. The van der Waals surface area contributed by atoms with Crippen LogP contribution in [0.4, 0.5) is 0 Å². The highest BCUT2D eigenvalue weighted by Crippen LogP contribution is 2.54. The van der Waals surface area contributed by atoms with Crippen molar-refractivity contribution in [3.63, 3.8) is 0 Å². The van der Waals surface area contributed by atoms with Crippen LogP contribution in [0.25, 0.3) is 0 Å². The molecule has 0 bridgehead atoms. The fourth-order valence-corrected chi connectivity index (χ4v) is 4.67. The van der Waals surface area contributed by atoms with Crippen LogP contribution in [0.2, 0.25) is 15.1 Å². The molecule has 1 aliphatic carbocycles. The lowest BCUT2D eigenvalue weighted by atomic mass is 9.82. The van der Waals surface area contributed by atoms with Crippen LogP contribution >= 0.6 is 34.8 Å². The summed E-state index contributed by atoms with van der Waals surface area (Å²) in [4.78, 5) is 28.0. The molecule has 1 aliphatic heterocycles. The van der Waals surface area contributed by atoms with Gasteiger partial charge in [0.05, 0.1) is 5.41 Å². The summed E-state index contributed by atoms with van der Waals surface area (Å²) in [6, 6.07) is 12.6. The van der Waals surface area contributed by atoms with E-state index in [1.807, 2.05) is 25.1 Å². The Labute approximate surface area is 185 Å². The molecule has 2 aliphatic rings. The van der Waals surface area contributed by atoms with Crippen molar-refractivity contribution in [3.05, 3.63) is 68.7 Å². The van der Waals surface area contributed by atoms with E-state index in [1.165, 1.54) is 0 Å². The van der Waals surface area contributed by atoms with Gasteiger partial charge >= 0.3 is 0 Å². The van der Waals surface area contributed by atoms with Gasteiger partial charge in [0.2, 0.25) is 11.8 Å². The predicted octanol–water partition coefficient (Wildman–Crippen LogP) is 4.99. The third-order valence-electron chi connectivity index (χ3n) is 6.12. The van der Waals surface area contributed by atoms with E-state index < -0.39 is 11.0 Å². The van der Waals surface area contributed by atoms with Crippen LogP contribution in [0.3, 0.4) is 0 Å². The quantitative estimate of drug-likeness (QED) is 0.696. The predicted molar refractivity (Wildman–Crippen MR) is 115 cm³/mol. The molecular weight excluding hydrogens is 431 g/mol. The Kier molecular flexibility index (Phi) is 5.30. The van der Waals surface area contributed by atoms with Crippen LogP contribution in [0.1, 0.15) is 37.3 Å². The second-order valence-electron chi connectivity index (χ2n) is 8.00. The van der Waals surface area contributed by atoms with Gasteiger partial charge in [-0.05, 0) is 61.6 Å². The summed E-state index contributed by atoms with van der Waals surface area (Å²) >= 11 is 18.3. The summed E-state index contributed by atoms with van der Waals surface area (Å²) in [7, 11) is 0. The zero-order valence-electron chi connectivity index (χ0n) is 16.0. The smallest absolute Gasteiger partial charge is 0.246 e. The number of likely N-dealkylation sites (tertiary alicyclic amines) is 1. The first-order valence-corrected chi connectivity index (χ1v) is 10.7. The lowest BCUT2D eigenvalue weighted by Gasteiger charge is -2.50. The lowest BCUT2D eigenvalue weighted by Crippen LogP contribution is -2.68. The molecule has 29 heavy (non-hydrogen) atoms. The van der Waals surface area contributed by atoms with Crippen LogP contribution in [0.15, 0.2) is 42.5 Å². The van der Waals surface area contributed by atoms with Crippen molar-refractivity contribution >= 4 is 46.6 Å². The zero-order valence-corrected chi connectivity index (χ0v) is 18.2. The number of nitrogens with zero attached hydrogens (tertiary/aromatic N) is 1. The molecule has 2 aromatic carbocycles. The Morgan fingerprint density at radius 2 is 1.66 bits per heavy atom. The summed E-state index contributed by atoms with van der Waals surface area (Å²) in [5.41, 5.74) is 0.261. The normalized spacial score (nSPS) is 22.0. The van der Waals surface area contributed by atoms with E-state index in [4.69, 9.17) is 34.8 Å². The van der Waals surface area contributed by atoms with Crippen molar-refractivity contribution in [2.75, 3.05) is 6.54 Å². The van der Waals surface area contributed by atoms with Crippen molar-refractivity contribution in [1.82, 2.24) is 10.2 Å². The number of benzene rings is 2. The number of nitrogens with one attached hydrogen (secondary N) is 1. The highest BCUT2D eigenvalue weighted by molar-refractivity contribution is 6.35. The third kappa shape index (κ3) is 3.63. The van der Waals surface area contributed by atoms with E-state index in [0.29, 0.717) is 34.6 Å². The van der Waals surface area contributed by atoms with Gasteiger partial charge in [0, 0.05) is 28.2 Å². The first-order valence-electron chi connectivity index (χ1n) is 9.57. The summed E-state index contributed by atoms with van der Waals surface area (Å²) in [5.74, 6) is -0.179. The van der Waals surface area contributed by atoms with E-state index in [-0.39, 0.29) is 11.8 Å². The van der Waals surface area contributed by atoms with Gasteiger partial charge in [-0.2, -0.15) is 0 Å². The molecule has 1 unspecified atom stereocenters. The zero-order chi connectivity index (χ0) is 20.8. The minimum absolute atomic E-state index is 0.0304. The van der Waals surface area contributed by atoms with Gasteiger partial charge in [0.25, 0.3) is 0 Å². The Bertz CT molecular complexity index is 973. The molecule has 7 heteroatoms. The Morgan fingerprint density at radius 1 is 1.00 bits per heavy atom. The number of hydrogen-bond acceptors (Lipinski definition) is 2. The summed E-state index contributed by atoms with van der Waals surface area (Å²) in [5, 5.41) is 4.65. The van der Waals surface area contributed by atoms with Gasteiger partial charge in [0.15, 0.2) is 0 Å². The van der Waals surface area contributed by atoms with E-state index in [2.05, 4.69) is 5.32 Å². The number of hydrogen-bond donors (Lipinski definition) is 1. The standard InChI is InChI=1S/C22H21Cl3N2O2/c1-21(19(28)26-13-14-2-4-15(23)5-3-14)10-11-27(21)20(29)22(8-9-22)17-7-6-16(24)12-18(17)25/h2-7,12H,8-11,13H2,1H3,(H,26,28). The number of carbonyl (C=O) groups is 2. The maximum Gasteiger partial charge on any atom is 0.246 e. The highest BCUT2D eigenvalue weighted by Gasteiger charge is 2.60. The largest absolute Gasteiger partial charge is 0.350 e. The number of amides is 2. The first-order chi connectivity index (χ1) is 13.8. The summed E-state index contributed by atoms with van der Waals surface area (Å²) < 4.78 is 0. The van der Waals surface area contributed by atoms with E-state index >= 15 is 0 Å². The van der Waals surface area contributed by atoms with E-state index in [1.54, 1.807) is 29.2 Å². The average molecular weight is 452 g/mol. The highest BCUT2D eigenvalue weighted by atomic mass is 35.5. The van der Waals surface area contributed by atoms with Crippen LogP contribution < -0.4 is 5.32 Å². The van der Waals surface area contributed by atoms with Crippen molar-refractivity contribution in [2.45, 2.75) is 43.7 Å². The van der Waals surface area contributed by atoms with Crippen LogP contribution in [0.5, 0.6) is 0 Å². The summed E-state index contributed by atoms with van der Waals surface area (Å²) in [6.45, 7) is 2.78. The molecule has 152 valence electrons. The Morgan fingerprint density at radius 3 is 2.21 bits per heavy atom. The van der Waals surface area contributed by atoms with Gasteiger partial charge < -0.3 is 10.2 Å². The van der Waals surface area contributed by atoms with Gasteiger partial charge in [-0.3, -0.25) is 9.59 Å². The van der Waals surface area contributed by atoms with Crippen LogP contribution in [-0.2, 0) is 21.5 Å². The molecule has 0 radical (unpaired) electrons. The molecular formula is C22H21Cl3N2O2. The number of carbonyl (C=O) groups excluding carboxylic acids is 2. The van der Waals surface area contributed by atoms with Gasteiger partial charge in [-0.25, -0.2) is 0 Å². The molecule has 2 amide bonds. The van der Waals surface area contributed by atoms with Crippen molar-refractivity contribution in [1.29, 1.82) is 0 Å². The minimum atomic E-state index is -0.849. The van der Waals surface area contributed by atoms with E-state index in [0.717, 1.165) is 24.0 Å². The minimum Gasteiger partial charge on any atom is -0.350 e. The van der Waals surface area contributed by atoms with Gasteiger partial charge in [-0.1, -0.05) is 53.0 Å². The SMILES string of the molecule is CC1(C(=O)NCc2ccc(Cl)cc2)CCN1C(=O)C1(c2ccc(Cl)cc2Cl)CC1. The fourth-order valence-electron chi connectivity index (χ4n) is 3.96. The van der Waals surface area contributed by atoms with Crippen LogP contribution in [-0.4, -0.2) is 28.8 Å². The van der Waals surface area contributed by atoms with Crippen LogP contribution in [0, 0.1) is 0 Å². The Hall–Kier alpha value is -1.75. The van der Waals surface area contributed by atoms with E-state index in [9.17, 15) is 9.59 Å². The molecule has 1 atom stereocenters. The average Bonchev–Trinajstić information content (AvgIpc) is 3.47. The van der Waals surface area contributed by atoms with Gasteiger partial charge in [-0.15, -0.1) is 0 Å². The van der Waals surface area contributed by atoms with Crippen molar-refractivity contribution in [3.8, 4) is 0 Å². The summed E-state index contributed by atoms with van der Waals surface area (Å²) in [6.07, 6.45) is 2.09. The van der Waals surface area contributed by atoms with Crippen molar-refractivity contribution < 1.29 is 9.59 Å². The Balaban J connectivity index is 1.48. The molecule has 1 heterocycles. The molecule has 0 aromatic heterocycles. The second kappa shape index (κ2) is 7.50.